The molecule has 3 heteroatoms. The van der Waals surface area contributed by atoms with Gasteiger partial charge in [0, 0.05) is 19.2 Å². The molecule has 1 aliphatic heterocycles. The third-order valence-corrected chi connectivity index (χ3v) is 2.94. The molecule has 2 nitrogen and oxygen atoms in total. The molecule has 0 fully saturated rings. The first-order chi connectivity index (χ1) is 6.22. The summed E-state index contributed by atoms with van der Waals surface area (Å²) < 4.78 is 0.823. The van der Waals surface area contributed by atoms with E-state index >= 15 is 0 Å². The molecule has 1 unspecified atom stereocenters. The van der Waals surface area contributed by atoms with Gasteiger partial charge in [0.25, 0.3) is 0 Å². The van der Waals surface area contributed by atoms with Gasteiger partial charge in [0.05, 0.1) is 7.05 Å². The lowest BCUT2D eigenvalue weighted by Gasteiger charge is -2.07. The fourth-order valence-corrected chi connectivity index (χ4v) is 1.90. The normalized spacial score (nSPS) is 22.5. The molecule has 1 aromatic carbocycles. The Kier molecular flexibility index (Phi) is 2.92. The summed E-state index contributed by atoms with van der Waals surface area (Å²) in [6.45, 7) is 2.22. The predicted octanol–water partition coefficient (Wildman–Crippen LogP) is 2.51. The lowest BCUT2D eigenvalue weighted by Crippen LogP contribution is -2.37. The minimum atomic E-state index is 0. The summed E-state index contributed by atoms with van der Waals surface area (Å²) in [7, 11) is 4.18. The van der Waals surface area contributed by atoms with E-state index in [4.69, 9.17) is 0 Å². The van der Waals surface area contributed by atoms with Gasteiger partial charge in [-0.3, -0.25) is 4.70 Å². The fourth-order valence-electron chi connectivity index (χ4n) is 1.90. The van der Waals surface area contributed by atoms with Crippen LogP contribution in [0.4, 0.5) is 16.1 Å². The summed E-state index contributed by atoms with van der Waals surface area (Å²) in [6.07, 6.45) is 2.42. The second-order valence-electron chi connectivity index (χ2n) is 3.80. The van der Waals surface area contributed by atoms with Crippen LogP contribution in [0.1, 0.15) is 18.9 Å². The minimum absolute atomic E-state index is 0. The van der Waals surface area contributed by atoms with Gasteiger partial charge in [0.15, 0.2) is 0 Å². The molecule has 0 saturated heterocycles. The molecule has 0 amide bonds. The molecule has 2 rings (SSSR count). The van der Waals surface area contributed by atoms with E-state index in [-0.39, 0.29) is 4.70 Å². The first-order valence-electron chi connectivity index (χ1n) is 4.92. The number of benzene rings is 1. The number of aryl methyl sites for hydroxylation is 1. The van der Waals surface area contributed by atoms with Crippen LogP contribution in [-0.4, -0.2) is 14.1 Å². The van der Waals surface area contributed by atoms with Crippen molar-refractivity contribution in [1.82, 2.24) is 10.0 Å². The zero-order valence-electron chi connectivity index (χ0n) is 9.00. The van der Waals surface area contributed by atoms with Crippen molar-refractivity contribution < 1.29 is 4.70 Å². The third kappa shape index (κ3) is 1.42. The maximum absolute atomic E-state index is 3.29. The summed E-state index contributed by atoms with van der Waals surface area (Å²) in [5, 5.41) is 0. The van der Waals surface area contributed by atoms with Gasteiger partial charge in [0.1, 0.15) is 0 Å². The van der Waals surface area contributed by atoms with Crippen molar-refractivity contribution in [2.45, 2.75) is 19.8 Å². The van der Waals surface area contributed by atoms with E-state index in [0.717, 1.165) is 4.59 Å². The molecule has 0 radical (unpaired) electrons. The van der Waals surface area contributed by atoms with Gasteiger partial charge in [-0.05, 0) is 12.0 Å². The number of rotatable bonds is 3. The Balaban J connectivity index is 0.000000980. The molecule has 1 heterocycles. The average molecular weight is 197 g/mol. The number of hydrogen-bond acceptors (Lipinski definition) is 1. The number of nitrogens with one attached hydrogen (secondary N) is 1. The van der Waals surface area contributed by atoms with Crippen LogP contribution in [0, 0.1) is 0 Å². The third-order valence-electron chi connectivity index (χ3n) is 2.94. The van der Waals surface area contributed by atoms with Crippen LogP contribution >= 0.6 is 0 Å². The second kappa shape index (κ2) is 3.67. The molecule has 0 aliphatic carbocycles. The first-order valence-corrected chi connectivity index (χ1v) is 4.92. The van der Waals surface area contributed by atoms with Crippen LogP contribution in [0.25, 0.3) is 0 Å². The maximum atomic E-state index is 3.29. The highest BCUT2D eigenvalue weighted by Gasteiger charge is 2.49. The lowest BCUT2D eigenvalue weighted by molar-refractivity contribution is 0.449. The molecular formula is C11H18FN2+. The van der Waals surface area contributed by atoms with Crippen molar-refractivity contribution in [3.05, 3.63) is 23.8 Å². The summed E-state index contributed by atoms with van der Waals surface area (Å²) >= 11 is 0. The van der Waals surface area contributed by atoms with Gasteiger partial charge in [-0.25, -0.2) is 0 Å². The van der Waals surface area contributed by atoms with Crippen LogP contribution in [0.15, 0.2) is 18.2 Å². The Bertz CT molecular complexity index is 338. The molecule has 1 N–H and O–H groups in total. The quantitative estimate of drug-likeness (QED) is 0.580. The van der Waals surface area contributed by atoms with Gasteiger partial charge in [-0.15, -0.1) is 0 Å². The van der Waals surface area contributed by atoms with Crippen molar-refractivity contribution in [1.29, 1.82) is 0 Å². The molecular weight excluding hydrogens is 179 g/mol. The number of quaternary nitrogens is 1. The lowest BCUT2D eigenvalue weighted by atomic mass is 10.1. The SMILES string of the molecule is CCCc1ccc2c(c1)[N+]2(C)NC.F. The zero-order valence-corrected chi connectivity index (χ0v) is 9.00. The monoisotopic (exact) mass is 197 g/mol. The fraction of sp³-hybridized carbons (Fsp3) is 0.455. The second-order valence-corrected chi connectivity index (χ2v) is 3.80. The van der Waals surface area contributed by atoms with Crippen LogP contribution < -0.4 is 10.0 Å². The zero-order chi connectivity index (χ0) is 9.47. The van der Waals surface area contributed by atoms with Gasteiger partial charge in [-0.2, -0.15) is 10.0 Å². The van der Waals surface area contributed by atoms with Gasteiger partial charge in [-0.1, -0.05) is 19.4 Å². The molecule has 1 aliphatic rings. The number of nitrogens with zero attached hydrogens (tertiary/aromatic N) is 1. The number of hydrogen-bond donors (Lipinski definition) is 1. The standard InChI is InChI=1S/C11H17N2.FH/c1-4-5-9-6-7-10-11(8-9)13(10,3)12-2;/h6-8,12H,4-5H2,1-3H3;1H/q+1;. The van der Waals surface area contributed by atoms with E-state index in [9.17, 15) is 0 Å². The van der Waals surface area contributed by atoms with Gasteiger partial charge < -0.3 is 0 Å². The molecule has 78 valence electrons. The van der Waals surface area contributed by atoms with Crippen LogP contribution in [0.3, 0.4) is 0 Å². The first kappa shape index (κ1) is 11.1. The Morgan fingerprint density at radius 2 is 2.00 bits per heavy atom. The summed E-state index contributed by atoms with van der Waals surface area (Å²) in [4.78, 5) is 0. The number of halogens is 1. The summed E-state index contributed by atoms with van der Waals surface area (Å²) in [6, 6.07) is 6.79. The Morgan fingerprint density at radius 1 is 1.29 bits per heavy atom. The van der Waals surface area contributed by atoms with E-state index < -0.39 is 0 Å². The van der Waals surface area contributed by atoms with Crippen molar-refractivity contribution >= 4 is 11.4 Å². The van der Waals surface area contributed by atoms with Gasteiger partial charge >= 0.3 is 0 Å². The van der Waals surface area contributed by atoms with E-state index in [1.165, 1.54) is 29.8 Å². The molecule has 0 saturated carbocycles. The topological polar surface area (TPSA) is 12.0 Å². The van der Waals surface area contributed by atoms with E-state index in [1.807, 2.05) is 7.05 Å². The van der Waals surface area contributed by atoms with Crippen molar-refractivity contribution in [3.8, 4) is 0 Å². The molecule has 14 heavy (non-hydrogen) atoms. The average Bonchev–Trinajstić information content (AvgIpc) is 2.74. The Hall–Kier alpha value is -0.930. The maximum Gasteiger partial charge on any atom is 0.221 e. The minimum Gasteiger partial charge on any atom is -0.269 e. The molecule has 0 bridgehead atoms. The van der Waals surface area contributed by atoms with Crippen LogP contribution in [0.5, 0.6) is 0 Å². The molecule has 1 atom stereocenters. The summed E-state index contributed by atoms with van der Waals surface area (Å²) in [5.74, 6) is 0. The Morgan fingerprint density at radius 3 is 2.57 bits per heavy atom. The van der Waals surface area contributed by atoms with Crippen molar-refractivity contribution in [2.24, 2.45) is 0 Å². The molecule has 0 aromatic heterocycles. The molecule has 0 spiro atoms. The van der Waals surface area contributed by atoms with Crippen molar-refractivity contribution in [2.75, 3.05) is 14.1 Å². The van der Waals surface area contributed by atoms with E-state index in [2.05, 4.69) is 37.6 Å². The highest BCUT2D eigenvalue weighted by Crippen LogP contribution is 2.52. The largest absolute Gasteiger partial charge is 0.269 e. The van der Waals surface area contributed by atoms with E-state index in [1.54, 1.807) is 0 Å². The smallest absolute Gasteiger partial charge is 0.221 e. The van der Waals surface area contributed by atoms with Crippen molar-refractivity contribution in [3.63, 3.8) is 0 Å². The Labute approximate surface area is 84.5 Å². The predicted molar refractivity (Wildman–Crippen MR) is 59.4 cm³/mol. The highest BCUT2D eigenvalue weighted by molar-refractivity contribution is 5.86. The molecule has 1 aromatic rings. The van der Waals surface area contributed by atoms with Gasteiger partial charge in [0.2, 0.25) is 11.4 Å². The van der Waals surface area contributed by atoms with Crippen LogP contribution in [0.2, 0.25) is 0 Å². The number of fused-ring (bicyclic) bond motifs is 1. The highest BCUT2D eigenvalue weighted by atomic mass is 19.0. The van der Waals surface area contributed by atoms with E-state index in [0.29, 0.717) is 0 Å². The summed E-state index contributed by atoms with van der Waals surface area (Å²) in [5.41, 5.74) is 7.57. The van der Waals surface area contributed by atoms with Crippen LogP contribution in [-0.2, 0) is 6.42 Å².